The Morgan fingerprint density at radius 3 is 2.58 bits per heavy atom. The summed E-state index contributed by atoms with van der Waals surface area (Å²) >= 11 is 1.09. The number of nitrogens with zero attached hydrogens (tertiary/aromatic N) is 3. The van der Waals surface area contributed by atoms with E-state index in [1.54, 1.807) is 18.2 Å². The van der Waals surface area contributed by atoms with Crippen molar-refractivity contribution in [2.75, 3.05) is 24.2 Å². The molecule has 1 aliphatic carbocycles. The summed E-state index contributed by atoms with van der Waals surface area (Å²) in [6, 6.07) is 8.73. The molecule has 2 fully saturated rings. The number of anilines is 1. The second kappa shape index (κ2) is 7.94. The third kappa shape index (κ3) is 4.73. The third-order valence-corrected chi connectivity index (χ3v) is 8.96. The van der Waals surface area contributed by atoms with Gasteiger partial charge in [0.1, 0.15) is 17.0 Å². The summed E-state index contributed by atoms with van der Waals surface area (Å²) in [6.45, 7) is 1.69. The Balaban J connectivity index is 1.24. The van der Waals surface area contributed by atoms with Gasteiger partial charge in [-0.15, -0.1) is 11.3 Å². The van der Waals surface area contributed by atoms with Crippen molar-refractivity contribution in [2.45, 2.75) is 43.2 Å². The normalized spacial score (nSPS) is 23.4. The molecule has 0 atom stereocenters. The van der Waals surface area contributed by atoms with Gasteiger partial charge in [0.05, 0.1) is 16.7 Å². The van der Waals surface area contributed by atoms with E-state index in [-0.39, 0.29) is 10.3 Å². The zero-order valence-corrected chi connectivity index (χ0v) is 19.7. The standard InChI is InChI=1S/C23H24F3N3O2S2/c1-33(30,31)18-4-2-15(3-5-18)8-16-10-22(11-16)6-7-29(13-22)20-19-9-17(12-23(24,25)26)32-21(19)28-14-27-20/h2-5,9,14,16H,6-8,10-13H2,1H3. The molecule has 0 bridgehead atoms. The second-order valence-corrected chi connectivity index (χ2v) is 12.6. The molecule has 0 N–H and O–H groups in total. The number of fused-ring (bicyclic) bond motifs is 1. The quantitative estimate of drug-likeness (QED) is 0.496. The van der Waals surface area contributed by atoms with E-state index in [1.807, 2.05) is 12.1 Å². The summed E-state index contributed by atoms with van der Waals surface area (Å²) in [4.78, 5) is 12.0. The highest BCUT2D eigenvalue weighted by atomic mass is 32.2. The molecule has 33 heavy (non-hydrogen) atoms. The number of benzene rings is 1. The maximum Gasteiger partial charge on any atom is 0.393 e. The van der Waals surface area contributed by atoms with Crippen molar-refractivity contribution in [2.24, 2.45) is 11.3 Å². The van der Waals surface area contributed by atoms with Gasteiger partial charge in [0, 0.05) is 24.2 Å². The molecule has 2 aliphatic rings. The predicted molar refractivity (Wildman–Crippen MR) is 122 cm³/mol. The molecule has 3 aromatic rings. The Labute approximate surface area is 194 Å². The van der Waals surface area contributed by atoms with E-state index in [2.05, 4.69) is 14.9 Å². The third-order valence-electron chi connectivity index (χ3n) is 6.79. The van der Waals surface area contributed by atoms with Crippen LogP contribution in [0, 0.1) is 11.3 Å². The number of rotatable bonds is 5. The summed E-state index contributed by atoms with van der Waals surface area (Å²) in [7, 11) is -3.18. The molecule has 176 valence electrons. The van der Waals surface area contributed by atoms with Crippen LogP contribution in [0.5, 0.6) is 0 Å². The smallest absolute Gasteiger partial charge is 0.355 e. The highest BCUT2D eigenvalue weighted by Gasteiger charge is 2.48. The zero-order chi connectivity index (χ0) is 23.4. The van der Waals surface area contributed by atoms with Crippen LogP contribution in [0.1, 0.15) is 29.7 Å². The monoisotopic (exact) mass is 495 g/mol. The number of sulfone groups is 1. The van der Waals surface area contributed by atoms with Gasteiger partial charge in [0.25, 0.3) is 0 Å². The van der Waals surface area contributed by atoms with Crippen LogP contribution in [-0.4, -0.2) is 43.9 Å². The van der Waals surface area contributed by atoms with Crippen molar-refractivity contribution in [1.82, 2.24) is 9.97 Å². The number of hydrogen-bond acceptors (Lipinski definition) is 6. The fourth-order valence-electron chi connectivity index (χ4n) is 5.39. The Morgan fingerprint density at radius 2 is 1.91 bits per heavy atom. The van der Waals surface area contributed by atoms with Crippen LogP contribution >= 0.6 is 11.3 Å². The van der Waals surface area contributed by atoms with E-state index < -0.39 is 22.4 Å². The summed E-state index contributed by atoms with van der Waals surface area (Å²) in [5.41, 5.74) is 1.37. The van der Waals surface area contributed by atoms with E-state index in [0.717, 1.165) is 61.5 Å². The van der Waals surface area contributed by atoms with Crippen LogP contribution in [-0.2, 0) is 22.7 Å². The summed E-state index contributed by atoms with van der Waals surface area (Å²) in [6.07, 6.45) is 1.63. The maximum absolute atomic E-state index is 12.8. The number of alkyl halides is 3. The lowest BCUT2D eigenvalue weighted by Crippen LogP contribution is -2.40. The largest absolute Gasteiger partial charge is 0.393 e. The van der Waals surface area contributed by atoms with Gasteiger partial charge in [0.15, 0.2) is 9.84 Å². The minimum atomic E-state index is -4.24. The lowest BCUT2D eigenvalue weighted by molar-refractivity contribution is -0.126. The molecule has 1 saturated carbocycles. The molecule has 1 aromatic carbocycles. The first-order chi connectivity index (χ1) is 15.5. The average molecular weight is 496 g/mol. The molecule has 0 radical (unpaired) electrons. The van der Waals surface area contributed by atoms with Crippen LogP contribution in [0.3, 0.4) is 0 Å². The Kier molecular flexibility index (Phi) is 5.43. The lowest BCUT2D eigenvalue weighted by atomic mass is 9.60. The molecule has 2 aromatic heterocycles. The van der Waals surface area contributed by atoms with Gasteiger partial charge in [-0.1, -0.05) is 12.1 Å². The van der Waals surface area contributed by atoms with E-state index in [1.165, 1.54) is 12.6 Å². The molecule has 1 saturated heterocycles. The van der Waals surface area contributed by atoms with Crippen LogP contribution < -0.4 is 4.90 Å². The molecule has 0 amide bonds. The van der Waals surface area contributed by atoms with Crippen LogP contribution in [0.4, 0.5) is 19.0 Å². The van der Waals surface area contributed by atoms with Crippen molar-refractivity contribution in [3.05, 3.63) is 47.1 Å². The van der Waals surface area contributed by atoms with Gasteiger partial charge in [-0.25, -0.2) is 18.4 Å². The minimum Gasteiger partial charge on any atom is -0.355 e. The van der Waals surface area contributed by atoms with Gasteiger partial charge in [-0.05, 0) is 60.8 Å². The van der Waals surface area contributed by atoms with Crippen molar-refractivity contribution < 1.29 is 21.6 Å². The van der Waals surface area contributed by atoms with E-state index in [0.29, 0.717) is 21.0 Å². The molecule has 10 heteroatoms. The maximum atomic E-state index is 12.8. The summed E-state index contributed by atoms with van der Waals surface area (Å²) in [5.74, 6) is 1.29. The van der Waals surface area contributed by atoms with Crippen LogP contribution in [0.2, 0.25) is 0 Å². The Hall–Kier alpha value is -2.20. The Morgan fingerprint density at radius 1 is 1.18 bits per heavy atom. The first-order valence-electron chi connectivity index (χ1n) is 10.8. The van der Waals surface area contributed by atoms with Gasteiger partial charge in [0.2, 0.25) is 0 Å². The molecule has 1 spiro atoms. The van der Waals surface area contributed by atoms with Gasteiger partial charge >= 0.3 is 6.18 Å². The van der Waals surface area contributed by atoms with E-state index in [9.17, 15) is 21.6 Å². The summed E-state index contributed by atoms with van der Waals surface area (Å²) in [5, 5.41) is 0.709. The molecule has 1 aliphatic heterocycles. The first kappa shape index (κ1) is 22.6. The lowest BCUT2D eigenvalue weighted by Gasteiger charge is -2.45. The molecule has 5 nitrogen and oxygen atoms in total. The van der Waals surface area contributed by atoms with E-state index in [4.69, 9.17) is 0 Å². The van der Waals surface area contributed by atoms with Crippen molar-refractivity contribution in [1.29, 1.82) is 0 Å². The van der Waals surface area contributed by atoms with Gasteiger partial charge in [-0.2, -0.15) is 13.2 Å². The molecular weight excluding hydrogens is 471 g/mol. The second-order valence-electron chi connectivity index (χ2n) is 9.49. The highest BCUT2D eigenvalue weighted by Crippen LogP contribution is 2.53. The van der Waals surface area contributed by atoms with Crippen molar-refractivity contribution in [3.8, 4) is 0 Å². The molecule has 3 heterocycles. The van der Waals surface area contributed by atoms with Gasteiger partial charge < -0.3 is 4.90 Å². The van der Waals surface area contributed by atoms with Crippen molar-refractivity contribution >= 4 is 37.2 Å². The topological polar surface area (TPSA) is 63.2 Å². The predicted octanol–water partition coefficient (Wildman–Crippen LogP) is 5.05. The van der Waals surface area contributed by atoms with Crippen molar-refractivity contribution in [3.63, 3.8) is 0 Å². The number of halogens is 3. The minimum absolute atomic E-state index is 0.222. The number of hydrogen-bond donors (Lipinski definition) is 0. The molecule has 5 rings (SSSR count). The fraction of sp³-hybridized carbons (Fsp3) is 0.478. The SMILES string of the molecule is CS(=O)(=O)c1ccc(CC2CC3(CCN(c4ncnc5sc(CC(F)(F)F)cc45)C3)C2)cc1. The Bertz CT molecular complexity index is 1280. The number of thiophene rings is 1. The summed E-state index contributed by atoms with van der Waals surface area (Å²) < 4.78 is 61.7. The zero-order valence-electron chi connectivity index (χ0n) is 18.1. The number of aromatic nitrogens is 2. The van der Waals surface area contributed by atoms with E-state index >= 15 is 0 Å². The molecule has 0 unspecified atom stereocenters. The van der Waals surface area contributed by atoms with Crippen LogP contribution in [0.15, 0.2) is 41.6 Å². The van der Waals surface area contributed by atoms with Crippen LogP contribution in [0.25, 0.3) is 10.2 Å². The first-order valence-corrected chi connectivity index (χ1v) is 13.5. The fourth-order valence-corrected chi connectivity index (χ4v) is 7.05. The molecular formula is C23H24F3N3O2S2. The highest BCUT2D eigenvalue weighted by molar-refractivity contribution is 7.90. The average Bonchev–Trinajstić information content (AvgIpc) is 3.30. The van der Waals surface area contributed by atoms with Gasteiger partial charge in [-0.3, -0.25) is 0 Å².